The molecule has 0 bridgehead atoms. The molecule has 0 spiro atoms. The van der Waals surface area contributed by atoms with Crippen molar-refractivity contribution in [3.8, 4) is 11.4 Å². The maximum absolute atomic E-state index is 11.7. The molecule has 0 saturated heterocycles. The number of benzene rings is 1. The Bertz CT molecular complexity index is 811. The number of urea groups is 1. The molecule has 0 aliphatic rings. The van der Waals surface area contributed by atoms with Crippen LogP contribution in [0.4, 0.5) is 16.4 Å². The van der Waals surface area contributed by atoms with Crippen molar-refractivity contribution in [2.75, 3.05) is 23.7 Å². The van der Waals surface area contributed by atoms with E-state index in [-0.39, 0.29) is 6.03 Å². The van der Waals surface area contributed by atoms with E-state index in [9.17, 15) is 4.79 Å². The first-order chi connectivity index (χ1) is 12.3. The summed E-state index contributed by atoms with van der Waals surface area (Å²) in [7, 11) is 0. The zero-order chi connectivity index (χ0) is 17.3. The zero-order valence-electron chi connectivity index (χ0n) is 13.4. The number of pyridine rings is 1. The lowest BCUT2D eigenvalue weighted by Crippen LogP contribution is -2.32. The molecule has 0 radical (unpaired) electrons. The predicted octanol–water partition coefficient (Wildman–Crippen LogP) is 2.17. The molecule has 2 aromatic heterocycles. The standard InChI is InChI=1S/C17H17N7O/c25-17(23-14-7-4-8-18-11-14)20-10-9-19-16-22-12-21-15(24-16)13-5-2-1-3-6-13/h1-8,11-12H,9-10H2,(H2,20,23,25)(H,19,21,22,24). The van der Waals surface area contributed by atoms with E-state index >= 15 is 0 Å². The molecule has 2 heterocycles. The number of carbonyl (C=O) groups excluding carboxylic acids is 1. The highest BCUT2D eigenvalue weighted by molar-refractivity contribution is 5.88. The molecule has 0 fully saturated rings. The molecular formula is C17H17N7O. The van der Waals surface area contributed by atoms with Crippen LogP contribution in [0.15, 0.2) is 61.2 Å². The van der Waals surface area contributed by atoms with Gasteiger partial charge in [0.15, 0.2) is 5.82 Å². The van der Waals surface area contributed by atoms with Crippen molar-refractivity contribution in [1.82, 2.24) is 25.3 Å². The average Bonchev–Trinajstić information content (AvgIpc) is 2.67. The third-order valence-electron chi connectivity index (χ3n) is 3.22. The summed E-state index contributed by atoms with van der Waals surface area (Å²) in [5.74, 6) is 1.06. The fraction of sp³-hybridized carbons (Fsp3) is 0.118. The molecule has 0 unspecified atom stereocenters. The molecule has 3 rings (SSSR count). The lowest BCUT2D eigenvalue weighted by molar-refractivity contribution is 0.252. The summed E-state index contributed by atoms with van der Waals surface area (Å²) in [6, 6.07) is 12.9. The van der Waals surface area contributed by atoms with Crippen LogP contribution < -0.4 is 16.0 Å². The summed E-state index contributed by atoms with van der Waals surface area (Å²) >= 11 is 0. The van der Waals surface area contributed by atoms with Crippen LogP contribution in [0.5, 0.6) is 0 Å². The van der Waals surface area contributed by atoms with E-state index in [1.54, 1.807) is 24.5 Å². The first-order valence-corrected chi connectivity index (χ1v) is 7.74. The smallest absolute Gasteiger partial charge is 0.319 e. The Morgan fingerprint density at radius 1 is 1.00 bits per heavy atom. The Kier molecular flexibility index (Phi) is 5.44. The van der Waals surface area contributed by atoms with Crippen molar-refractivity contribution in [3.63, 3.8) is 0 Å². The Hall–Kier alpha value is -3.55. The molecule has 1 aromatic carbocycles. The second-order valence-corrected chi connectivity index (χ2v) is 5.05. The quantitative estimate of drug-likeness (QED) is 0.596. The van der Waals surface area contributed by atoms with E-state index < -0.39 is 0 Å². The van der Waals surface area contributed by atoms with Crippen LogP contribution in [-0.4, -0.2) is 39.1 Å². The third-order valence-corrected chi connectivity index (χ3v) is 3.22. The van der Waals surface area contributed by atoms with E-state index in [0.29, 0.717) is 30.5 Å². The number of hydrogen-bond donors (Lipinski definition) is 3. The van der Waals surface area contributed by atoms with Gasteiger partial charge in [-0.2, -0.15) is 4.98 Å². The normalized spacial score (nSPS) is 10.1. The fourth-order valence-corrected chi connectivity index (χ4v) is 2.07. The van der Waals surface area contributed by atoms with Crippen LogP contribution in [0.3, 0.4) is 0 Å². The molecule has 0 aliphatic carbocycles. The van der Waals surface area contributed by atoms with Gasteiger partial charge in [-0.1, -0.05) is 30.3 Å². The number of amides is 2. The third kappa shape index (κ3) is 4.96. The van der Waals surface area contributed by atoms with Crippen molar-refractivity contribution in [3.05, 3.63) is 61.2 Å². The molecule has 8 nitrogen and oxygen atoms in total. The Morgan fingerprint density at radius 3 is 2.68 bits per heavy atom. The van der Waals surface area contributed by atoms with Crippen LogP contribution in [-0.2, 0) is 0 Å². The molecule has 126 valence electrons. The minimum absolute atomic E-state index is 0.296. The van der Waals surface area contributed by atoms with Crippen LogP contribution in [0.1, 0.15) is 0 Å². The van der Waals surface area contributed by atoms with Crippen molar-refractivity contribution in [1.29, 1.82) is 0 Å². The first-order valence-electron chi connectivity index (χ1n) is 7.74. The highest BCUT2D eigenvalue weighted by atomic mass is 16.2. The Balaban J connectivity index is 1.45. The maximum atomic E-state index is 11.7. The average molecular weight is 335 g/mol. The van der Waals surface area contributed by atoms with Crippen LogP contribution in [0.2, 0.25) is 0 Å². The van der Waals surface area contributed by atoms with Crippen LogP contribution in [0.25, 0.3) is 11.4 Å². The van der Waals surface area contributed by atoms with Gasteiger partial charge >= 0.3 is 6.03 Å². The lowest BCUT2D eigenvalue weighted by Gasteiger charge is -2.08. The van der Waals surface area contributed by atoms with Crippen molar-refractivity contribution in [2.45, 2.75) is 0 Å². The van der Waals surface area contributed by atoms with Gasteiger partial charge in [-0.25, -0.2) is 14.8 Å². The van der Waals surface area contributed by atoms with Crippen molar-refractivity contribution >= 4 is 17.7 Å². The van der Waals surface area contributed by atoms with Crippen molar-refractivity contribution < 1.29 is 4.79 Å². The number of carbonyl (C=O) groups is 1. The molecule has 2 amide bonds. The lowest BCUT2D eigenvalue weighted by atomic mass is 10.2. The van der Waals surface area contributed by atoms with Gasteiger partial charge in [-0.3, -0.25) is 4.98 Å². The SMILES string of the molecule is O=C(NCCNc1ncnc(-c2ccccc2)n1)Nc1cccnc1. The summed E-state index contributed by atoms with van der Waals surface area (Å²) in [5.41, 5.74) is 1.56. The number of hydrogen-bond acceptors (Lipinski definition) is 6. The minimum atomic E-state index is -0.296. The van der Waals surface area contributed by atoms with Gasteiger partial charge in [-0.05, 0) is 12.1 Å². The fourth-order valence-electron chi connectivity index (χ4n) is 2.07. The van der Waals surface area contributed by atoms with E-state index in [0.717, 1.165) is 5.56 Å². The number of nitrogens with one attached hydrogen (secondary N) is 3. The zero-order valence-corrected chi connectivity index (χ0v) is 13.4. The van der Waals surface area contributed by atoms with E-state index in [1.807, 2.05) is 30.3 Å². The molecule has 0 aliphatic heterocycles. The number of anilines is 2. The van der Waals surface area contributed by atoms with Gasteiger partial charge in [0, 0.05) is 24.8 Å². The van der Waals surface area contributed by atoms with Gasteiger partial charge in [0.1, 0.15) is 6.33 Å². The summed E-state index contributed by atoms with van der Waals surface area (Å²) in [4.78, 5) is 28.3. The number of rotatable bonds is 6. The van der Waals surface area contributed by atoms with Gasteiger partial charge in [-0.15, -0.1) is 0 Å². The molecular weight excluding hydrogens is 318 g/mol. The first kappa shape index (κ1) is 16.3. The predicted molar refractivity (Wildman–Crippen MR) is 95.0 cm³/mol. The highest BCUT2D eigenvalue weighted by Crippen LogP contribution is 2.13. The minimum Gasteiger partial charge on any atom is -0.352 e. The molecule has 0 saturated carbocycles. The summed E-state index contributed by atoms with van der Waals surface area (Å²) in [5, 5.41) is 8.48. The maximum Gasteiger partial charge on any atom is 0.319 e. The number of aromatic nitrogens is 4. The van der Waals surface area contributed by atoms with Crippen molar-refractivity contribution in [2.24, 2.45) is 0 Å². The Morgan fingerprint density at radius 2 is 1.88 bits per heavy atom. The molecule has 3 N–H and O–H groups in total. The summed E-state index contributed by atoms with van der Waals surface area (Å²) < 4.78 is 0. The second-order valence-electron chi connectivity index (χ2n) is 5.05. The molecule has 8 heteroatoms. The monoisotopic (exact) mass is 335 g/mol. The van der Waals surface area contributed by atoms with Gasteiger partial charge < -0.3 is 16.0 Å². The largest absolute Gasteiger partial charge is 0.352 e. The topological polar surface area (TPSA) is 105 Å². The van der Waals surface area contributed by atoms with Gasteiger partial charge in [0.05, 0.1) is 11.9 Å². The molecule has 0 atom stereocenters. The van der Waals surface area contributed by atoms with E-state index in [1.165, 1.54) is 6.33 Å². The summed E-state index contributed by atoms with van der Waals surface area (Å²) in [6.07, 6.45) is 4.68. The van der Waals surface area contributed by atoms with E-state index in [2.05, 4.69) is 35.9 Å². The molecule has 3 aromatic rings. The second kappa shape index (κ2) is 8.34. The molecule has 25 heavy (non-hydrogen) atoms. The Labute approximate surface area is 144 Å². The van der Waals surface area contributed by atoms with Gasteiger partial charge in [0.2, 0.25) is 5.95 Å². The van der Waals surface area contributed by atoms with Gasteiger partial charge in [0.25, 0.3) is 0 Å². The number of nitrogens with zero attached hydrogens (tertiary/aromatic N) is 4. The highest BCUT2D eigenvalue weighted by Gasteiger charge is 2.04. The summed E-state index contributed by atoms with van der Waals surface area (Å²) in [6.45, 7) is 0.900. The van der Waals surface area contributed by atoms with E-state index in [4.69, 9.17) is 0 Å². The van der Waals surface area contributed by atoms with Crippen LogP contribution >= 0.6 is 0 Å². The van der Waals surface area contributed by atoms with Crippen LogP contribution in [0, 0.1) is 0 Å².